The van der Waals surface area contributed by atoms with Crippen LogP contribution in [-0.4, -0.2) is 46.7 Å². The lowest BCUT2D eigenvalue weighted by molar-refractivity contribution is 0.0944. The second-order valence-electron chi connectivity index (χ2n) is 10.2. The number of nitrogens with zero attached hydrogens (tertiary/aromatic N) is 3. The number of rotatable bonds is 8. The summed E-state index contributed by atoms with van der Waals surface area (Å²) >= 11 is 0. The first kappa shape index (κ1) is 27.4. The SMILES string of the molecule is COc1ccc2c(Cc3ccc(NC(=O)c4c(C)n(CC5CNCO5)n(-c5ccccc5)c4=O)cc3F)ccnc2c1. The molecule has 1 atom stereocenters. The molecule has 1 aliphatic heterocycles. The van der Waals surface area contributed by atoms with E-state index in [9.17, 15) is 9.59 Å². The third-order valence-electron chi connectivity index (χ3n) is 7.53. The summed E-state index contributed by atoms with van der Waals surface area (Å²) in [6.07, 6.45) is 1.88. The lowest BCUT2D eigenvalue weighted by Crippen LogP contribution is -2.29. The highest BCUT2D eigenvalue weighted by Crippen LogP contribution is 2.26. The molecule has 0 radical (unpaired) electrons. The monoisotopic (exact) mass is 567 g/mol. The summed E-state index contributed by atoms with van der Waals surface area (Å²) in [5.74, 6) is -0.371. The Morgan fingerprint density at radius 3 is 2.69 bits per heavy atom. The van der Waals surface area contributed by atoms with Crippen LogP contribution in [0, 0.1) is 12.7 Å². The molecule has 214 valence electrons. The maximum atomic E-state index is 15.3. The fourth-order valence-electron chi connectivity index (χ4n) is 5.36. The van der Waals surface area contributed by atoms with Crippen molar-refractivity contribution in [3.8, 4) is 11.4 Å². The van der Waals surface area contributed by atoms with E-state index < -0.39 is 17.3 Å². The average Bonchev–Trinajstić information content (AvgIpc) is 3.60. The first-order valence-corrected chi connectivity index (χ1v) is 13.6. The molecular weight excluding hydrogens is 537 g/mol. The van der Waals surface area contributed by atoms with Crippen LogP contribution in [0.25, 0.3) is 16.6 Å². The average molecular weight is 568 g/mol. The molecule has 1 unspecified atom stereocenters. The Bertz CT molecular complexity index is 1830. The first-order valence-electron chi connectivity index (χ1n) is 13.6. The molecule has 5 aromatic rings. The molecule has 0 saturated carbocycles. The number of methoxy groups -OCH3 is 1. The molecule has 1 aliphatic rings. The van der Waals surface area contributed by atoms with Crippen molar-refractivity contribution in [2.75, 3.05) is 25.7 Å². The number of carbonyl (C=O) groups excluding carboxylic acids is 1. The van der Waals surface area contributed by atoms with Gasteiger partial charge in [0.1, 0.15) is 17.1 Å². The van der Waals surface area contributed by atoms with Gasteiger partial charge in [-0.15, -0.1) is 0 Å². The highest BCUT2D eigenvalue weighted by atomic mass is 19.1. The number of hydrogen-bond acceptors (Lipinski definition) is 6. The fraction of sp³-hybridized carbons (Fsp3) is 0.219. The third-order valence-corrected chi connectivity index (χ3v) is 7.53. The minimum atomic E-state index is -0.604. The second-order valence-corrected chi connectivity index (χ2v) is 10.2. The van der Waals surface area contributed by atoms with Crippen LogP contribution < -0.4 is 20.9 Å². The smallest absolute Gasteiger partial charge is 0.284 e. The van der Waals surface area contributed by atoms with Crippen LogP contribution >= 0.6 is 0 Å². The molecule has 0 bridgehead atoms. The minimum Gasteiger partial charge on any atom is -0.497 e. The quantitative estimate of drug-likeness (QED) is 0.288. The summed E-state index contributed by atoms with van der Waals surface area (Å²) in [5.41, 5.74) is 3.06. The van der Waals surface area contributed by atoms with Crippen LogP contribution in [0.2, 0.25) is 0 Å². The normalized spacial score (nSPS) is 14.8. The van der Waals surface area contributed by atoms with Gasteiger partial charge in [-0.1, -0.05) is 24.3 Å². The van der Waals surface area contributed by atoms with Crippen molar-refractivity contribution in [2.45, 2.75) is 26.0 Å². The number of carbonyl (C=O) groups is 1. The molecule has 1 saturated heterocycles. The van der Waals surface area contributed by atoms with E-state index in [0.29, 0.717) is 48.9 Å². The number of nitrogens with one attached hydrogen (secondary N) is 2. The Kier molecular flexibility index (Phi) is 7.56. The molecule has 42 heavy (non-hydrogen) atoms. The number of amides is 1. The van der Waals surface area contributed by atoms with Crippen molar-refractivity contribution in [1.29, 1.82) is 0 Å². The van der Waals surface area contributed by atoms with E-state index >= 15 is 4.39 Å². The molecular formula is C32H30FN5O4. The van der Waals surface area contributed by atoms with Gasteiger partial charge in [0.05, 0.1) is 43.4 Å². The van der Waals surface area contributed by atoms with Gasteiger partial charge in [-0.2, -0.15) is 0 Å². The zero-order valence-corrected chi connectivity index (χ0v) is 23.3. The van der Waals surface area contributed by atoms with E-state index in [0.717, 1.165) is 16.5 Å². The maximum absolute atomic E-state index is 15.3. The van der Waals surface area contributed by atoms with Gasteiger partial charge in [0.2, 0.25) is 0 Å². The van der Waals surface area contributed by atoms with Crippen LogP contribution in [-0.2, 0) is 17.7 Å². The highest BCUT2D eigenvalue weighted by molar-refractivity contribution is 6.05. The summed E-state index contributed by atoms with van der Waals surface area (Å²) in [5, 5.41) is 6.77. The number of pyridine rings is 1. The Morgan fingerprint density at radius 2 is 1.95 bits per heavy atom. The van der Waals surface area contributed by atoms with Crippen LogP contribution in [0.4, 0.5) is 10.1 Å². The molecule has 9 nitrogen and oxygen atoms in total. The van der Waals surface area contributed by atoms with Gasteiger partial charge in [0, 0.05) is 36.3 Å². The van der Waals surface area contributed by atoms with E-state index in [1.165, 1.54) is 10.7 Å². The first-order chi connectivity index (χ1) is 20.4. The molecule has 1 fully saturated rings. The van der Waals surface area contributed by atoms with Crippen molar-refractivity contribution in [2.24, 2.45) is 0 Å². The van der Waals surface area contributed by atoms with Crippen LogP contribution in [0.15, 0.2) is 83.8 Å². The number of hydrogen-bond donors (Lipinski definition) is 2. The topological polar surface area (TPSA) is 99.4 Å². The number of aromatic nitrogens is 3. The lowest BCUT2D eigenvalue weighted by Gasteiger charge is -2.16. The second kappa shape index (κ2) is 11.6. The van der Waals surface area contributed by atoms with Gasteiger partial charge in [0.15, 0.2) is 0 Å². The van der Waals surface area contributed by atoms with Crippen LogP contribution in [0.5, 0.6) is 5.75 Å². The standard InChI is InChI=1S/C32H30FN5O4/c1-20-30(32(40)38(24-6-4-3-5-7-24)37(20)18-26-17-34-19-42-26)31(39)36-23-9-8-22(28(33)15-23)14-21-12-13-35-29-16-25(41-2)10-11-27(21)29/h3-13,15-16,26,34H,14,17-19H2,1-2H3,(H,36,39). The Balaban J connectivity index is 1.27. The summed E-state index contributed by atoms with van der Waals surface area (Å²) in [6.45, 7) is 3.19. The third kappa shape index (κ3) is 5.29. The molecule has 3 aromatic carbocycles. The van der Waals surface area contributed by atoms with E-state index in [2.05, 4.69) is 15.6 Å². The molecule has 0 spiro atoms. The Labute approximate surface area is 241 Å². The maximum Gasteiger partial charge on any atom is 0.284 e. The molecule has 10 heteroatoms. The molecule has 1 amide bonds. The van der Waals surface area contributed by atoms with Gasteiger partial charge >= 0.3 is 0 Å². The zero-order chi connectivity index (χ0) is 29.2. The Hall–Kier alpha value is -4.80. The number of benzene rings is 3. The van der Waals surface area contributed by atoms with Crippen molar-refractivity contribution < 1.29 is 18.7 Å². The number of anilines is 1. The van der Waals surface area contributed by atoms with Gasteiger partial charge in [-0.05, 0) is 60.5 Å². The van der Waals surface area contributed by atoms with Gasteiger partial charge in [-0.3, -0.25) is 24.6 Å². The fourth-order valence-corrected chi connectivity index (χ4v) is 5.36. The van der Waals surface area contributed by atoms with Gasteiger partial charge in [0.25, 0.3) is 11.5 Å². The van der Waals surface area contributed by atoms with E-state index in [1.807, 2.05) is 54.6 Å². The predicted octanol–water partition coefficient (Wildman–Crippen LogP) is 4.43. The highest BCUT2D eigenvalue weighted by Gasteiger charge is 2.27. The molecule has 0 aliphatic carbocycles. The molecule has 3 heterocycles. The van der Waals surface area contributed by atoms with Crippen molar-refractivity contribution >= 4 is 22.5 Å². The van der Waals surface area contributed by atoms with E-state index in [-0.39, 0.29) is 17.4 Å². The lowest BCUT2D eigenvalue weighted by atomic mass is 10.0. The molecule has 6 rings (SSSR count). The Morgan fingerprint density at radius 1 is 1.12 bits per heavy atom. The predicted molar refractivity (Wildman–Crippen MR) is 158 cm³/mol. The largest absolute Gasteiger partial charge is 0.497 e. The van der Waals surface area contributed by atoms with E-state index in [1.54, 1.807) is 37.0 Å². The van der Waals surface area contributed by atoms with Crippen molar-refractivity contribution in [3.63, 3.8) is 0 Å². The molecule has 2 N–H and O–H groups in total. The number of fused-ring (bicyclic) bond motifs is 1. The number of ether oxygens (including phenoxy) is 2. The zero-order valence-electron chi connectivity index (χ0n) is 23.3. The summed E-state index contributed by atoms with van der Waals surface area (Å²) < 4.78 is 29.6. The van der Waals surface area contributed by atoms with Gasteiger partial charge < -0.3 is 14.8 Å². The van der Waals surface area contributed by atoms with Crippen molar-refractivity contribution in [1.82, 2.24) is 19.7 Å². The van der Waals surface area contributed by atoms with Crippen LogP contribution in [0.1, 0.15) is 27.2 Å². The summed E-state index contributed by atoms with van der Waals surface area (Å²) in [7, 11) is 1.60. The number of halogens is 1. The van der Waals surface area contributed by atoms with Crippen molar-refractivity contribution in [3.05, 3.63) is 118 Å². The minimum absolute atomic E-state index is 0.00650. The number of para-hydroxylation sites is 1. The van der Waals surface area contributed by atoms with Crippen LogP contribution in [0.3, 0.4) is 0 Å². The summed E-state index contributed by atoms with van der Waals surface area (Å²) in [6, 6.07) is 21.2. The van der Waals surface area contributed by atoms with E-state index in [4.69, 9.17) is 9.47 Å². The van der Waals surface area contributed by atoms with Gasteiger partial charge in [-0.25, -0.2) is 9.07 Å². The summed E-state index contributed by atoms with van der Waals surface area (Å²) in [4.78, 5) is 31.5. The molecule has 2 aromatic heterocycles.